The number of carbonyl (C=O) groups is 2. The maximum atomic E-state index is 12.8. The molecule has 27 heavy (non-hydrogen) atoms. The molecule has 0 bridgehead atoms. The van der Waals surface area contributed by atoms with Crippen LogP contribution in [0.5, 0.6) is 0 Å². The molecule has 0 aliphatic carbocycles. The number of nitrogens with two attached hydrogens (primary N) is 1. The third kappa shape index (κ3) is 2.93. The van der Waals surface area contributed by atoms with Gasteiger partial charge in [0.25, 0.3) is 5.91 Å². The Kier molecular flexibility index (Phi) is 4.83. The predicted octanol–water partition coefficient (Wildman–Crippen LogP) is -0.658. The van der Waals surface area contributed by atoms with Gasteiger partial charge >= 0.3 is 5.97 Å². The maximum absolute atomic E-state index is 12.8. The van der Waals surface area contributed by atoms with Gasteiger partial charge in [-0.05, 0) is 31.6 Å². The molecule has 0 saturated carbocycles. The first-order valence-electron chi connectivity index (χ1n) is 8.49. The lowest BCUT2D eigenvalue weighted by Crippen LogP contribution is -2.58. The molecule has 1 amide bonds. The average molecular weight is 394 g/mol. The molecule has 1 aromatic rings. The number of fused-ring (bicyclic) bond motifs is 1. The summed E-state index contributed by atoms with van der Waals surface area (Å²) in [6.07, 6.45) is 3.04. The first-order valence-corrected chi connectivity index (χ1v) is 10.0. The van der Waals surface area contributed by atoms with Gasteiger partial charge < -0.3 is 21.1 Å². The SMILES string of the molecule is CC1(C)[C@H](C(=O)O)N2C(=O)/C(=C/c3ccc(CNCCN)cn3)[C@H]2S1(=O)=O. The lowest BCUT2D eigenvalue weighted by Gasteiger charge is -2.37. The highest BCUT2D eigenvalue weighted by molar-refractivity contribution is 7.94. The van der Waals surface area contributed by atoms with Crippen molar-refractivity contribution in [2.45, 2.75) is 36.6 Å². The summed E-state index contributed by atoms with van der Waals surface area (Å²) in [6.45, 7) is 4.48. The minimum Gasteiger partial charge on any atom is -0.480 e. The van der Waals surface area contributed by atoms with Crippen molar-refractivity contribution in [2.75, 3.05) is 13.1 Å². The van der Waals surface area contributed by atoms with Crippen molar-refractivity contribution < 1.29 is 23.1 Å². The van der Waals surface area contributed by atoms with E-state index >= 15 is 0 Å². The first kappa shape index (κ1) is 19.5. The van der Waals surface area contributed by atoms with Crippen molar-refractivity contribution in [3.8, 4) is 0 Å². The Labute approximate surface area is 157 Å². The molecule has 2 aliphatic rings. The van der Waals surface area contributed by atoms with Crippen LogP contribution in [0.4, 0.5) is 0 Å². The zero-order valence-corrected chi connectivity index (χ0v) is 15.9. The van der Waals surface area contributed by atoms with Crippen molar-refractivity contribution in [1.82, 2.24) is 15.2 Å². The van der Waals surface area contributed by atoms with Crippen LogP contribution in [0.1, 0.15) is 25.1 Å². The van der Waals surface area contributed by atoms with Crippen LogP contribution in [0.25, 0.3) is 6.08 Å². The van der Waals surface area contributed by atoms with Gasteiger partial charge in [-0.1, -0.05) is 6.07 Å². The summed E-state index contributed by atoms with van der Waals surface area (Å²) in [4.78, 5) is 29.2. The van der Waals surface area contributed by atoms with E-state index in [-0.39, 0.29) is 5.57 Å². The number of aliphatic carboxylic acids is 1. The van der Waals surface area contributed by atoms with E-state index in [1.54, 1.807) is 12.3 Å². The van der Waals surface area contributed by atoms with Gasteiger partial charge in [0.1, 0.15) is 4.75 Å². The predicted molar refractivity (Wildman–Crippen MR) is 98.0 cm³/mol. The third-order valence-electron chi connectivity index (χ3n) is 5.00. The van der Waals surface area contributed by atoms with E-state index < -0.39 is 37.9 Å². The van der Waals surface area contributed by atoms with Crippen LogP contribution < -0.4 is 11.1 Å². The highest BCUT2D eigenvalue weighted by Crippen LogP contribution is 2.48. The minimum atomic E-state index is -3.88. The minimum absolute atomic E-state index is 0.0494. The Balaban J connectivity index is 1.87. The van der Waals surface area contributed by atoms with E-state index in [0.717, 1.165) is 10.5 Å². The molecule has 3 heterocycles. The second-order valence-electron chi connectivity index (χ2n) is 7.11. The van der Waals surface area contributed by atoms with Crippen LogP contribution in [-0.2, 0) is 26.0 Å². The molecule has 0 unspecified atom stereocenters. The number of aromatic nitrogens is 1. The van der Waals surface area contributed by atoms with Crippen molar-refractivity contribution >= 4 is 27.8 Å². The van der Waals surface area contributed by atoms with Crippen LogP contribution in [0, 0.1) is 0 Å². The molecular formula is C17H22N4O5S. The van der Waals surface area contributed by atoms with Gasteiger partial charge in [-0.2, -0.15) is 0 Å². The Morgan fingerprint density at radius 3 is 2.70 bits per heavy atom. The van der Waals surface area contributed by atoms with Gasteiger partial charge in [-0.3, -0.25) is 9.78 Å². The number of hydrogen-bond donors (Lipinski definition) is 3. The number of hydrogen-bond acceptors (Lipinski definition) is 7. The highest BCUT2D eigenvalue weighted by atomic mass is 32.2. The van der Waals surface area contributed by atoms with Gasteiger partial charge in [-0.15, -0.1) is 0 Å². The second-order valence-corrected chi connectivity index (χ2v) is 9.70. The molecule has 0 radical (unpaired) electrons. The molecule has 0 aromatic carbocycles. The summed E-state index contributed by atoms with van der Waals surface area (Å²) in [7, 11) is -3.88. The molecule has 10 heteroatoms. The zero-order chi connectivity index (χ0) is 20.0. The smallest absolute Gasteiger partial charge is 0.328 e. The van der Waals surface area contributed by atoms with Crippen molar-refractivity contribution in [1.29, 1.82) is 0 Å². The summed E-state index contributed by atoms with van der Waals surface area (Å²) in [5.41, 5.74) is 6.82. The Bertz CT molecular complexity index is 908. The molecule has 0 spiro atoms. The van der Waals surface area contributed by atoms with Crippen molar-refractivity contribution in [2.24, 2.45) is 5.73 Å². The molecule has 2 fully saturated rings. The molecule has 3 rings (SSSR count). The number of amides is 1. The quantitative estimate of drug-likeness (QED) is 0.328. The second kappa shape index (κ2) is 6.70. The van der Waals surface area contributed by atoms with Crippen LogP contribution >= 0.6 is 0 Å². The van der Waals surface area contributed by atoms with E-state index in [0.29, 0.717) is 25.3 Å². The van der Waals surface area contributed by atoms with Gasteiger partial charge in [0.05, 0.1) is 11.3 Å². The Morgan fingerprint density at radius 2 is 2.15 bits per heavy atom. The monoisotopic (exact) mass is 394 g/mol. The molecule has 146 valence electrons. The van der Waals surface area contributed by atoms with Crippen LogP contribution in [0.3, 0.4) is 0 Å². The summed E-state index contributed by atoms with van der Waals surface area (Å²) in [5, 5.41) is 11.3. The molecule has 4 N–H and O–H groups in total. The largest absolute Gasteiger partial charge is 0.480 e. The lowest BCUT2D eigenvalue weighted by atomic mass is 9.95. The average Bonchev–Trinajstić information content (AvgIpc) is 2.75. The molecule has 2 saturated heterocycles. The van der Waals surface area contributed by atoms with E-state index in [4.69, 9.17) is 5.73 Å². The Hall–Kier alpha value is -2.30. The number of carbonyl (C=O) groups excluding carboxylic acids is 1. The summed E-state index contributed by atoms with van der Waals surface area (Å²) in [5.74, 6) is -1.91. The van der Waals surface area contributed by atoms with Crippen LogP contribution in [0.2, 0.25) is 0 Å². The van der Waals surface area contributed by atoms with E-state index in [2.05, 4.69) is 10.3 Å². The summed E-state index contributed by atoms with van der Waals surface area (Å²) in [6, 6.07) is 2.10. The fourth-order valence-electron chi connectivity index (χ4n) is 3.46. The number of pyridine rings is 1. The first-order chi connectivity index (χ1) is 12.6. The molecule has 9 nitrogen and oxygen atoms in total. The van der Waals surface area contributed by atoms with E-state index in [9.17, 15) is 23.1 Å². The topological polar surface area (TPSA) is 143 Å². The van der Waals surface area contributed by atoms with Gasteiger partial charge in [0, 0.05) is 25.8 Å². The van der Waals surface area contributed by atoms with Crippen molar-refractivity contribution in [3.05, 3.63) is 35.2 Å². The fourth-order valence-corrected chi connectivity index (χ4v) is 5.58. The number of nitrogens with one attached hydrogen (secondary N) is 1. The summed E-state index contributed by atoms with van der Waals surface area (Å²) >= 11 is 0. The number of rotatable bonds is 6. The molecule has 2 atom stereocenters. The van der Waals surface area contributed by atoms with Crippen LogP contribution in [-0.4, -0.2) is 64.5 Å². The van der Waals surface area contributed by atoms with Gasteiger partial charge in [-0.25, -0.2) is 13.2 Å². The standard InChI is InChI=1S/C17H22N4O5S/c1-17(2)13(16(23)24)21-14(22)12(15(21)27(17,25)26)7-11-4-3-10(9-20-11)8-19-6-5-18/h3-4,7,9,13,15,19H,5-6,8,18H2,1-2H3,(H,23,24)/b12-7-/t13-,15+/m0/s1. The number of β-lactam (4-membered cyclic amide) rings is 1. The Morgan fingerprint density at radius 1 is 1.44 bits per heavy atom. The lowest BCUT2D eigenvalue weighted by molar-refractivity contribution is -0.152. The van der Waals surface area contributed by atoms with Crippen LogP contribution in [0.15, 0.2) is 23.9 Å². The highest BCUT2D eigenvalue weighted by Gasteiger charge is 2.70. The normalized spacial score (nSPS) is 26.7. The van der Waals surface area contributed by atoms with E-state index in [1.165, 1.54) is 19.9 Å². The molecular weight excluding hydrogens is 372 g/mol. The van der Waals surface area contributed by atoms with Gasteiger partial charge in [0.2, 0.25) is 0 Å². The number of nitrogens with zero attached hydrogens (tertiary/aromatic N) is 2. The van der Waals surface area contributed by atoms with Gasteiger partial charge in [0.15, 0.2) is 21.3 Å². The fraction of sp³-hybridized carbons (Fsp3) is 0.471. The molecule has 2 aliphatic heterocycles. The third-order valence-corrected chi connectivity index (χ3v) is 7.76. The number of carboxylic acids is 1. The maximum Gasteiger partial charge on any atom is 0.328 e. The summed E-state index contributed by atoms with van der Waals surface area (Å²) < 4.78 is 24.0. The van der Waals surface area contributed by atoms with Crippen molar-refractivity contribution in [3.63, 3.8) is 0 Å². The number of carboxylic acid groups (broad SMARTS) is 1. The van der Waals surface area contributed by atoms with E-state index in [1.807, 2.05) is 6.07 Å². The zero-order valence-electron chi connectivity index (χ0n) is 15.0. The number of sulfone groups is 1. The molecule has 1 aromatic heterocycles.